The lowest BCUT2D eigenvalue weighted by Crippen LogP contribution is -2.24. The molecule has 2 aromatic rings. The van der Waals surface area contributed by atoms with Gasteiger partial charge in [-0.1, -0.05) is 0 Å². The smallest absolute Gasteiger partial charge is 0.123 e. The number of aromatic nitrogens is 2. The molecule has 1 aliphatic rings. The van der Waals surface area contributed by atoms with Crippen LogP contribution in [0.5, 0.6) is 0 Å². The Morgan fingerprint density at radius 3 is 2.95 bits per heavy atom. The Hall–Kier alpha value is -1.33. The largest absolute Gasteiger partial charge is 0.306 e. The highest BCUT2D eigenvalue weighted by atomic mass is 32.2. The summed E-state index contributed by atoms with van der Waals surface area (Å²) in [5, 5.41) is 7.97. The first kappa shape index (κ1) is 15.6. The van der Waals surface area contributed by atoms with Crippen LogP contribution in [-0.4, -0.2) is 15.5 Å². The summed E-state index contributed by atoms with van der Waals surface area (Å²) >= 11 is 1.81. The number of hydrogen-bond donors (Lipinski definition) is 1. The third kappa shape index (κ3) is 3.36. The van der Waals surface area contributed by atoms with E-state index in [2.05, 4.69) is 37.4 Å². The van der Waals surface area contributed by atoms with Gasteiger partial charge in [0, 0.05) is 29.2 Å². The van der Waals surface area contributed by atoms with E-state index in [9.17, 15) is 4.39 Å². The van der Waals surface area contributed by atoms with Gasteiger partial charge < -0.3 is 5.32 Å². The Balaban J connectivity index is 1.70. The van der Waals surface area contributed by atoms with E-state index in [1.165, 1.54) is 4.90 Å². The number of nitrogens with one attached hydrogen (secondary N) is 1. The fraction of sp³-hybridized carbons (Fsp3) is 0.471. The predicted octanol–water partition coefficient (Wildman–Crippen LogP) is 4.10. The Morgan fingerprint density at radius 2 is 2.23 bits per heavy atom. The summed E-state index contributed by atoms with van der Waals surface area (Å²) < 4.78 is 15.5. The molecule has 0 aliphatic carbocycles. The van der Waals surface area contributed by atoms with Crippen LogP contribution in [-0.2, 0) is 12.1 Å². The van der Waals surface area contributed by atoms with Gasteiger partial charge in [0.05, 0.1) is 11.7 Å². The minimum atomic E-state index is -0.159. The summed E-state index contributed by atoms with van der Waals surface area (Å²) in [5.74, 6) is 0.908. The Morgan fingerprint density at radius 1 is 1.41 bits per heavy atom. The highest BCUT2D eigenvalue weighted by Crippen LogP contribution is 2.36. The Labute approximate surface area is 135 Å². The van der Waals surface area contributed by atoms with E-state index in [0.29, 0.717) is 0 Å². The molecule has 1 aromatic heterocycles. The first-order valence-electron chi connectivity index (χ1n) is 7.63. The van der Waals surface area contributed by atoms with Crippen LogP contribution in [0.1, 0.15) is 44.4 Å². The zero-order chi connectivity index (χ0) is 15.7. The lowest BCUT2D eigenvalue weighted by atomic mass is 10.0. The summed E-state index contributed by atoms with van der Waals surface area (Å²) in [6.07, 6.45) is 5.01. The van der Waals surface area contributed by atoms with E-state index in [0.717, 1.165) is 29.8 Å². The molecule has 1 aliphatic heterocycles. The number of benzene rings is 1. The fourth-order valence-electron chi connectivity index (χ4n) is 2.64. The molecule has 0 fully saturated rings. The zero-order valence-corrected chi connectivity index (χ0v) is 14.1. The minimum Gasteiger partial charge on any atom is -0.306 e. The molecule has 1 aromatic carbocycles. The van der Waals surface area contributed by atoms with Crippen molar-refractivity contribution in [2.75, 3.05) is 5.75 Å². The molecule has 1 N–H and O–H groups in total. The van der Waals surface area contributed by atoms with Gasteiger partial charge >= 0.3 is 0 Å². The van der Waals surface area contributed by atoms with Crippen molar-refractivity contribution in [1.29, 1.82) is 0 Å². The summed E-state index contributed by atoms with van der Waals surface area (Å²) in [6, 6.07) is 5.31. The third-order valence-corrected chi connectivity index (χ3v) is 5.01. The number of rotatable bonds is 3. The molecule has 0 saturated heterocycles. The molecule has 3 nitrogen and oxygen atoms in total. The summed E-state index contributed by atoms with van der Waals surface area (Å²) in [4.78, 5) is 1.19. The monoisotopic (exact) mass is 319 g/mol. The summed E-state index contributed by atoms with van der Waals surface area (Å²) in [5.41, 5.74) is 2.24. The van der Waals surface area contributed by atoms with Gasteiger partial charge in [-0.25, -0.2) is 4.39 Å². The molecule has 118 valence electrons. The average molecular weight is 319 g/mol. The summed E-state index contributed by atoms with van der Waals surface area (Å²) in [6.45, 7) is 7.15. The van der Waals surface area contributed by atoms with Crippen LogP contribution in [0.25, 0.3) is 0 Å². The first-order valence-corrected chi connectivity index (χ1v) is 8.62. The lowest BCUT2D eigenvalue weighted by Gasteiger charge is -2.26. The van der Waals surface area contributed by atoms with Gasteiger partial charge in [-0.3, -0.25) is 4.68 Å². The molecular formula is C17H22FN3S. The second-order valence-electron chi connectivity index (χ2n) is 6.72. The highest BCUT2D eigenvalue weighted by Gasteiger charge is 2.21. The number of fused-ring (bicyclic) bond motifs is 1. The zero-order valence-electron chi connectivity index (χ0n) is 13.3. The maximum atomic E-state index is 13.5. The fourth-order valence-corrected chi connectivity index (χ4v) is 3.74. The van der Waals surface area contributed by atoms with Crippen LogP contribution < -0.4 is 5.32 Å². The van der Waals surface area contributed by atoms with Crippen LogP contribution in [0.4, 0.5) is 4.39 Å². The minimum absolute atomic E-state index is 0.00451. The lowest BCUT2D eigenvalue weighted by molar-refractivity contribution is 0.355. The molecule has 0 spiro atoms. The van der Waals surface area contributed by atoms with Gasteiger partial charge in [0.25, 0.3) is 0 Å². The number of thioether (sulfide) groups is 1. The molecule has 0 amide bonds. The molecule has 0 unspecified atom stereocenters. The Kier molecular flexibility index (Phi) is 4.28. The molecule has 1 atom stereocenters. The van der Waals surface area contributed by atoms with Crippen LogP contribution in [0, 0.1) is 5.82 Å². The SMILES string of the molecule is CC(C)(C)n1cc(CN[C@@H]2CCSc3ccc(F)cc32)cn1. The standard InChI is InChI=1S/C17H22FN3S/c1-17(2,3)21-11-12(10-20-21)9-19-15-6-7-22-16-5-4-13(18)8-14(15)16/h4-5,8,10-11,15,19H,6-7,9H2,1-3H3/t15-/m1/s1. The van der Waals surface area contributed by atoms with Crippen molar-refractivity contribution < 1.29 is 4.39 Å². The van der Waals surface area contributed by atoms with Crippen LogP contribution in [0.3, 0.4) is 0 Å². The number of halogens is 1. The molecule has 5 heteroatoms. The van der Waals surface area contributed by atoms with Gasteiger partial charge in [0.15, 0.2) is 0 Å². The van der Waals surface area contributed by atoms with Gasteiger partial charge in [0.2, 0.25) is 0 Å². The highest BCUT2D eigenvalue weighted by molar-refractivity contribution is 7.99. The molecule has 22 heavy (non-hydrogen) atoms. The van der Waals surface area contributed by atoms with Crippen LogP contribution in [0.15, 0.2) is 35.5 Å². The molecule has 2 heterocycles. The van der Waals surface area contributed by atoms with Crippen molar-refractivity contribution in [1.82, 2.24) is 15.1 Å². The van der Waals surface area contributed by atoms with E-state index in [1.54, 1.807) is 12.1 Å². The maximum absolute atomic E-state index is 13.5. The van der Waals surface area contributed by atoms with Crippen molar-refractivity contribution >= 4 is 11.8 Å². The number of hydrogen-bond acceptors (Lipinski definition) is 3. The second kappa shape index (κ2) is 6.05. The van der Waals surface area contributed by atoms with Crippen LogP contribution in [0.2, 0.25) is 0 Å². The van der Waals surface area contributed by atoms with E-state index in [-0.39, 0.29) is 17.4 Å². The van der Waals surface area contributed by atoms with E-state index in [1.807, 2.05) is 28.7 Å². The van der Waals surface area contributed by atoms with Gasteiger partial charge in [-0.05, 0) is 56.7 Å². The summed E-state index contributed by atoms with van der Waals surface area (Å²) in [7, 11) is 0. The maximum Gasteiger partial charge on any atom is 0.123 e. The van der Waals surface area contributed by atoms with Gasteiger partial charge in [-0.2, -0.15) is 5.10 Å². The normalized spacial score (nSPS) is 18.3. The van der Waals surface area contributed by atoms with Crippen molar-refractivity contribution in [2.45, 2.75) is 50.2 Å². The molecule has 0 radical (unpaired) electrons. The number of nitrogens with zero attached hydrogens (tertiary/aromatic N) is 2. The van der Waals surface area contributed by atoms with E-state index >= 15 is 0 Å². The van der Waals surface area contributed by atoms with Gasteiger partial charge in [-0.15, -0.1) is 11.8 Å². The van der Waals surface area contributed by atoms with Crippen molar-refractivity contribution in [3.05, 3.63) is 47.5 Å². The second-order valence-corrected chi connectivity index (χ2v) is 7.85. The van der Waals surface area contributed by atoms with Gasteiger partial charge in [0.1, 0.15) is 5.82 Å². The average Bonchev–Trinajstić information content (AvgIpc) is 2.94. The Bertz CT molecular complexity index is 660. The molecule has 0 saturated carbocycles. The van der Waals surface area contributed by atoms with Crippen molar-refractivity contribution in [3.8, 4) is 0 Å². The van der Waals surface area contributed by atoms with Crippen LogP contribution >= 0.6 is 11.8 Å². The first-order chi connectivity index (χ1) is 10.4. The van der Waals surface area contributed by atoms with Crippen molar-refractivity contribution in [2.24, 2.45) is 0 Å². The molecule has 0 bridgehead atoms. The molecular weight excluding hydrogens is 297 g/mol. The van der Waals surface area contributed by atoms with Crippen molar-refractivity contribution in [3.63, 3.8) is 0 Å². The topological polar surface area (TPSA) is 29.9 Å². The quantitative estimate of drug-likeness (QED) is 0.923. The van der Waals surface area contributed by atoms with E-state index in [4.69, 9.17) is 0 Å². The predicted molar refractivity (Wildman–Crippen MR) is 88.5 cm³/mol. The van der Waals surface area contributed by atoms with E-state index < -0.39 is 0 Å². The third-order valence-electron chi connectivity index (χ3n) is 3.89. The molecule has 3 rings (SSSR count).